The van der Waals surface area contributed by atoms with Crippen molar-refractivity contribution in [3.05, 3.63) is 0 Å². The normalized spacial score (nSPS) is 19.8. The van der Waals surface area contributed by atoms with Crippen molar-refractivity contribution in [2.24, 2.45) is 5.92 Å². The molecule has 1 aliphatic rings. The monoisotopic (exact) mass is 321 g/mol. The Bertz CT molecular complexity index is 433. The summed E-state index contributed by atoms with van der Waals surface area (Å²) in [5.74, 6) is -1.26. The zero-order valence-corrected chi connectivity index (χ0v) is 13.9. The maximum atomic E-state index is 12.1. The molecule has 1 rings (SSSR count). The predicted octanol–water partition coefficient (Wildman–Crippen LogP) is 0.348. The number of carboxylic acids is 1. The van der Waals surface area contributed by atoms with Gasteiger partial charge in [-0.3, -0.25) is 4.79 Å². The Labute approximate surface area is 127 Å². The summed E-state index contributed by atoms with van der Waals surface area (Å²) in [4.78, 5) is 13.0. The first kappa shape index (κ1) is 18.3. The topological polar surface area (TPSA) is 90.0 Å². The number of aliphatic carboxylic acids is 1. The van der Waals surface area contributed by atoms with E-state index in [9.17, 15) is 13.2 Å². The summed E-state index contributed by atoms with van der Waals surface area (Å²) in [6, 6.07) is 0.417. The number of piperidine rings is 1. The van der Waals surface area contributed by atoms with E-state index < -0.39 is 22.1 Å². The van der Waals surface area contributed by atoms with Crippen LogP contribution in [0, 0.1) is 5.92 Å². The van der Waals surface area contributed by atoms with Crippen LogP contribution in [0.4, 0.5) is 0 Å². The first-order valence-electron chi connectivity index (χ1n) is 7.45. The molecule has 0 aromatic heterocycles. The summed E-state index contributed by atoms with van der Waals surface area (Å²) in [6.07, 6.45) is 1.78. The van der Waals surface area contributed by atoms with Gasteiger partial charge in [0.05, 0.1) is 5.92 Å². The SMILES string of the molecule is CCC(C)N(C)CCNS(=O)(=O)N1CCC(C(=O)O)CC1. The van der Waals surface area contributed by atoms with E-state index in [2.05, 4.69) is 23.5 Å². The van der Waals surface area contributed by atoms with Crippen molar-refractivity contribution in [3.8, 4) is 0 Å². The number of hydrogen-bond donors (Lipinski definition) is 2. The van der Waals surface area contributed by atoms with E-state index in [1.807, 2.05) is 7.05 Å². The first-order chi connectivity index (χ1) is 9.77. The minimum Gasteiger partial charge on any atom is -0.481 e. The van der Waals surface area contributed by atoms with Crippen LogP contribution in [-0.2, 0) is 15.0 Å². The fourth-order valence-corrected chi connectivity index (χ4v) is 3.54. The van der Waals surface area contributed by atoms with Gasteiger partial charge in [-0.15, -0.1) is 0 Å². The number of carboxylic acid groups (broad SMARTS) is 1. The lowest BCUT2D eigenvalue weighted by Gasteiger charge is -2.30. The second-order valence-electron chi connectivity index (χ2n) is 5.65. The average molecular weight is 321 g/mol. The van der Waals surface area contributed by atoms with Crippen LogP contribution in [0.1, 0.15) is 33.1 Å². The molecule has 1 saturated heterocycles. The molecule has 1 unspecified atom stereocenters. The van der Waals surface area contributed by atoms with E-state index in [4.69, 9.17) is 5.11 Å². The Hall–Kier alpha value is -0.700. The molecule has 1 aliphatic heterocycles. The van der Waals surface area contributed by atoms with E-state index >= 15 is 0 Å². The molecule has 0 bridgehead atoms. The van der Waals surface area contributed by atoms with Crippen LogP contribution < -0.4 is 4.72 Å². The van der Waals surface area contributed by atoms with Gasteiger partial charge in [-0.2, -0.15) is 12.7 Å². The highest BCUT2D eigenvalue weighted by Crippen LogP contribution is 2.18. The van der Waals surface area contributed by atoms with Gasteiger partial charge in [0.15, 0.2) is 0 Å². The van der Waals surface area contributed by atoms with E-state index in [0.29, 0.717) is 32.0 Å². The fourth-order valence-electron chi connectivity index (χ4n) is 2.32. The molecule has 124 valence electrons. The van der Waals surface area contributed by atoms with E-state index in [-0.39, 0.29) is 13.1 Å². The summed E-state index contributed by atoms with van der Waals surface area (Å²) < 4.78 is 28.2. The van der Waals surface area contributed by atoms with E-state index in [1.165, 1.54) is 4.31 Å². The van der Waals surface area contributed by atoms with Crippen LogP contribution in [0.25, 0.3) is 0 Å². The number of carbonyl (C=O) groups is 1. The van der Waals surface area contributed by atoms with Crippen LogP contribution >= 0.6 is 0 Å². The minimum atomic E-state index is -3.50. The van der Waals surface area contributed by atoms with Gasteiger partial charge in [0, 0.05) is 32.2 Å². The standard InChI is InChI=1S/C13H27N3O4S/c1-4-11(2)15(3)10-7-14-21(19,20)16-8-5-12(6-9-16)13(17)18/h11-12,14H,4-10H2,1-3H3,(H,17,18). The van der Waals surface area contributed by atoms with E-state index in [0.717, 1.165) is 6.42 Å². The molecule has 1 atom stereocenters. The van der Waals surface area contributed by atoms with E-state index in [1.54, 1.807) is 0 Å². The highest BCUT2D eigenvalue weighted by molar-refractivity contribution is 7.87. The summed E-state index contributed by atoms with van der Waals surface area (Å²) in [6.45, 7) is 5.76. The molecule has 7 nitrogen and oxygen atoms in total. The predicted molar refractivity (Wildman–Crippen MR) is 81.2 cm³/mol. The Balaban J connectivity index is 2.39. The molecule has 0 aliphatic carbocycles. The van der Waals surface area contributed by atoms with Gasteiger partial charge < -0.3 is 10.0 Å². The van der Waals surface area contributed by atoms with Crippen LogP contribution in [0.2, 0.25) is 0 Å². The number of nitrogens with one attached hydrogen (secondary N) is 1. The number of nitrogens with zero attached hydrogens (tertiary/aromatic N) is 2. The maximum Gasteiger partial charge on any atom is 0.306 e. The van der Waals surface area contributed by atoms with Gasteiger partial charge >= 0.3 is 5.97 Å². The minimum absolute atomic E-state index is 0.271. The van der Waals surface area contributed by atoms with Gasteiger partial charge in [-0.25, -0.2) is 4.72 Å². The fraction of sp³-hybridized carbons (Fsp3) is 0.923. The lowest BCUT2D eigenvalue weighted by molar-refractivity contribution is -0.142. The molecule has 0 aromatic carbocycles. The molecule has 0 radical (unpaired) electrons. The zero-order chi connectivity index (χ0) is 16.0. The molecule has 2 N–H and O–H groups in total. The van der Waals surface area contributed by atoms with Crippen LogP contribution in [0.3, 0.4) is 0 Å². The van der Waals surface area contributed by atoms with Gasteiger partial charge in [0.25, 0.3) is 10.2 Å². The summed E-state index contributed by atoms with van der Waals surface area (Å²) >= 11 is 0. The lowest BCUT2D eigenvalue weighted by atomic mass is 9.99. The molecule has 0 saturated carbocycles. The van der Waals surface area contributed by atoms with Gasteiger partial charge in [-0.1, -0.05) is 6.92 Å². The molecule has 1 heterocycles. The molecular weight excluding hydrogens is 294 g/mol. The molecular formula is C13H27N3O4S. The van der Waals surface area contributed by atoms with Crippen molar-refractivity contribution < 1.29 is 18.3 Å². The average Bonchev–Trinajstić information content (AvgIpc) is 2.46. The Morgan fingerprint density at radius 1 is 1.43 bits per heavy atom. The Morgan fingerprint density at radius 2 is 2.00 bits per heavy atom. The first-order valence-corrected chi connectivity index (χ1v) is 8.89. The number of hydrogen-bond acceptors (Lipinski definition) is 4. The summed E-state index contributed by atoms with van der Waals surface area (Å²) in [7, 11) is -1.52. The third-order valence-corrected chi connectivity index (χ3v) is 5.85. The maximum absolute atomic E-state index is 12.1. The molecule has 0 amide bonds. The Kier molecular flexibility index (Phi) is 7.05. The molecule has 1 fully saturated rings. The third-order valence-electron chi connectivity index (χ3n) is 4.24. The number of likely N-dealkylation sites (N-methyl/N-ethyl adjacent to an activating group) is 1. The van der Waals surface area contributed by atoms with Crippen molar-refractivity contribution >= 4 is 16.2 Å². The third kappa shape index (κ3) is 5.54. The highest BCUT2D eigenvalue weighted by atomic mass is 32.2. The Morgan fingerprint density at radius 3 is 2.48 bits per heavy atom. The van der Waals surface area contributed by atoms with Crippen LogP contribution in [0.15, 0.2) is 0 Å². The largest absolute Gasteiger partial charge is 0.481 e. The summed E-state index contributed by atoms with van der Waals surface area (Å²) in [5, 5.41) is 8.92. The van der Waals surface area contributed by atoms with Crippen molar-refractivity contribution in [1.29, 1.82) is 0 Å². The van der Waals surface area contributed by atoms with Gasteiger partial charge in [0.2, 0.25) is 0 Å². The van der Waals surface area contributed by atoms with Crippen molar-refractivity contribution in [1.82, 2.24) is 13.9 Å². The summed E-state index contributed by atoms with van der Waals surface area (Å²) in [5.41, 5.74) is 0. The molecule has 0 aromatic rings. The van der Waals surface area contributed by atoms with Crippen LogP contribution in [-0.4, -0.2) is 68.0 Å². The molecule has 8 heteroatoms. The zero-order valence-electron chi connectivity index (χ0n) is 13.1. The second kappa shape index (κ2) is 8.07. The highest BCUT2D eigenvalue weighted by Gasteiger charge is 2.30. The lowest BCUT2D eigenvalue weighted by Crippen LogP contribution is -2.47. The molecule has 0 spiro atoms. The molecule has 21 heavy (non-hydrogen) atoms. The van der Waals surface area contributed by atoms with Crippen molar-refractivity contribution in [3.63, 3.8) is 0 Å². The second-order valence-corrected chi connectivity index (χ2v) is 7.40. The number of rotatable bonds is 8. The van der Waals surface area contributed by atoms with Crippen molar-refractivity contribution in [2.45, 2.75) is 39.2 Å². The van der Waals surface area contributed by atoms with Gasteiger partial charge in [-0.05, 0) is 33.2 Å². The smallest absolute Gasteiger partial charge is 0.306 e. The van der Waals surface area contributed by atoms with Crippen molar-refractivity contribution in [2.75, 3.05) is 33.2 Å². The van der Waals surface area contributed by atoms with Gasteiger partial charge in [0.1, 0.15) is 0 Å². The quantitative estimate of drug-likeness (QED) is 0.673. The van der Waals surface area contributed by atoms with Crippen LogP contribution in [0.5, 0.6) is 0 Å².